The summed E-state index contributed by atoms with van der Waals surface area (Å²) in [6.07, 6.45) is 1.84. The summed E-state index contributed by atoms with van der Waals surface area (Å²) in [6.45, 7) is 0. The fraction of sp³-hybridized carbons (Fsp3) is 0. The molecule has 0 unspecified atom stereocenters. The standard InChI is InChI=1S/C34H22N4/c1-2-12-24(13-3-1)37-31-18-6-4-15-26(31)28-22-29-27-16-5-7-19-32(27)38(34(29)36-33(28)37)25-14-10-11-23(21-25)30-17-8-9-20-35-30/h1-22H. The van der Waals surface area contributed by atoms with Crippen molar-refractivity contribution in [1.82, 2.24) is 19.1 Å². The van der Waals surface area contributed by atoms with Gasteiger partial charge in [-0.3, -0.25) is 14.1 Å². The van der Waals surface area contributed by atoms with Gasteiger partial charge in [0.1, 0.15) is 11.3 Å². The van der Waals surface area contributed by atoms with Crippen LogP contribution in [0.3, 0.4) is 0 Å². The van der Waals surface area contributed by atoms with Crippen LogP contribution >= 0.6 is 0 Å². The second-order valence-corrected chi connectivity index (χ2v) is 9.54. The van der Waals surface area contributed by atoms with Crippen LogP contribution in [0, 0.1) is 0 Å². The van der Waals surface area contributed by atoms with E-state index in [9.17, 15) is 0 Å². The van der Waals surface area contributed by atoms with E-state index in [-0.39, 0.29) is 0 Å². The molecule has 4 aromatic heterocycles. The molecule has 0 saturated heterocycles. The molecule has 0 spiro atoms. The van der Waals surface area contributed by atoms with Gasteiger partial charge in [-0.1, -0.05) is 72.8 Å². The van der Waals surface area contributed by atoms with Crippen molar-refractivity contribution in [3.8, 4) is 22.6 Å². The van der Waals surface area contributed by atoms with E-state index in [1.165, 1.54) is 10.8 Å². The molecule has 4 heterocycles. The van der Waals surface area contributed by atoms with E-state index in [2.05, 4.69) is 123 Å². The highest BCUT2D eigenvalue weighted by atomic mass is 15.1. The zero-order chi connectivity index (χ0) is 25.1. The third-order valence-electron chi connectivity index (χ3n) is 7.36. The number of aromatic nitrogens is 4. The molecule has 0 aliphatic rings. The monoisotopic (exact) mass is 486 g/mol. The largest absolute Gasteiger partial charge is 0.294 e. The predicted molar refractivity (Wildman–Crippen MR) is 156 cm³/mol. The fourth-order valence-electron chi connectivity index (χ4n) is 5.69. The van der Waals surface area contributed by atoms with Crippen molar-refractivity contribution in [2.24, 2.45) is 0 Å². The minimum absolute atomic E-state index is 0.942. The highest BCUT2D eigenvalue weighted by Crippen LogP contribution is 2.38. The zero-order valence-corrected chi connectivity index (χ0v) is 20.5. The molecule has 4 nitrogen and oxygen atoms in total. The molecular formula is C34H22N4. The Balaban J connectivity index is 1.50. The van der Waals surface area contributed by atoms with Gasteiger partial charge in [0.25, 0.3) is 0 Å². The molecule has 4 aromatic carbocycles. The quantitative estimate of drug-likeness (QED) is 0.252. The molecule has 0 N–H and O–H groups in total. The van der Waals surface area contributed by atoms with Crippen LogP contribution in [0.4, 0.5) is 0 Å². The highest BCUT2D eigenvalue weighted by molar-refractivity contribution is 6.16. The maximum Gasteiger partial charge on any atom is 0.148 e. The van der Waals surface area contributed by atoms with Gasteiger partial charge in [0.2, 0.25) is 0 Å². The smallest absolute Gasteiger partial charge is 0.148 e. The maximum absolute atomic E-state index is 5.42. The molecule has 0 bridgehead atoms. The molecular weight excluding hydrogens is 464 g/mol. The van der Waals surface area contributed by atoms with Gasteiger partial charge in [0.15, 0.2) is 0 Å². The molecule has 8 aromatic rings. The lowest BCUT2D eigenvalue weighted by Crippen LogP contribution is -1.99. The molecule has 0 atom stereocenters. The summed E-state index contributed by atoms with van der Waals surface area (Å²) >= 11 is 0. The average molecular weight is 487 g/mol. The first-order chi connectivity index (χ1) is 18.9. The first-order valence-corrected chi connectivity index (χ1v) is 12.8. The van der Waals surface area contributed by atoms with Crippen LogP contribution in [0.1, 0.15) is 0 Å². The Morgan fingerprint density at radius 1 is 0.447 bits per heavy atom. The molecule has 8 rings (SSSR count). The van der Waals surface area contributed by atoms with Crippen molar-refractivity contribution in [2.75, 3.05) is 0 Å². The summed E-state index contributed by atoms with van der Waals surface area (Å²) in [4.78, 5) is 10.00. The molecule has 4 heteroatoms. The Morgan fingerprint density at radius 3 is 1.74 bits per heavy atom. The van der Waals surface area contributed by atoms with Crippen LogP contribution in [0.5, 0.6) is 0 Å². The molecule has 0 saturated carbocycles. The number of benzene rings is 4. The molecule has 0 aliphatic carbocycles. The summed E-state index contributed by atoms with van der Waals surface area (Å²) in [5.74, 6) is 0. The van der Waals surface area contributed by atoms with E-state index in [0.717, 1.165) is 55.7 Å². The first-order valence-electron chi connectivity index (χ1n) is 12.8. The molecule has 38 heavy (non-hydrogen) atoms. The van der Waals surface area contributed by atoms with Gasteiger partial charge < -0.3 is 0 Å². The summed E-state index contributed by atoms with van der Waals surface area (Å²) in [5.41, 5.74) is 8.38. The van der Waals surface area contributed by atoms with E-state index in [1.54, 1.807) is 0 Å². The average Bonchev–Trinajstić information content (AvgIpc) is 3.49. The van der Waals surface area contributed by atoms with Gasteiger partial charge in [0.05, 0.1) is 16.7 Å². The second kappa shape index (κ2) is 8.15. The van der Waals surface area contributed by atoms with Gasteiger partial charge in [-0.2, -0.15) is 0 Å². The van der Waals surface area contributed by atoms with E-state index in [0.29, 0.717) is 0 Å². The first kappa shape index (κ1) is 20.9. The zero-order valence-electron chi connectivity index (χ0n) is 20.5. The number of pyridine rings is 2. The van der Waals surface area contributed by atoms with Crippen molar-refractivity contribution in [3.63, 3.8) is 0 Å². The van der Waals surface area contributed by atoms with Crippen LogP contribution in [0.2, 0.25) is 0 Å². The van der Waals surface area contributed by atoms with E-state index < -0.39 is 0 Å². The summed E-state index contributed by atoms with van der Waals surface area (Å²) in [7, 11) is 0. The SMILES string of the molecule is c1ccc(-n2c3ccccc3c3cc4c5ccccc5n(-c5cccc(-c6ccccn6)c5)c4nc32)cc1. The third-order valence-corrected chi connectivity index (χ3v) is 7.36. The van der Waals surface area contributed by atoms with Crippen molar-refractivity contribution in [3.05, 3.63) is 134 Å². The van der Waals surface area contributed by atoms with Gasteiger partial charge in [-0.05, 0) is 54.6 Å². The van der Waals surface area contributed by atoms with E-state index >= 15 is 0 Å². The van der Waals surface area contributed by atoms with Crippen molar-refractivity contribution in [1.29, 1.82) is 0 Å². The van der Waals surface area contributed by atoms with Crippen molar-refractivity contribution >= 4 is 43.9 Å². The van der Waals surface area contributed by atoms with Crippen LogP contribution in [0.25, 0.3) is 66.5 Å². The second-order valence-electron chi connectivity index (χ2n) is 9.54. The highest BCUT2D eigenvalue weighted by Gasteiger charge is 2.19. The molecule has 178 valence electrons. The number of fused-ring (bicyclic) bond motifs is 6. The van der Waals surface area contributed by atoms with Crippen LogP contribution in [-0.2, 0) is 0 Å². The molecule has 0 amide bonds. The number of nitrogens with zero attached hydrogens (tertiary/aromatic N) is 4. The Hall–Kier alpha value is -5.22. The predicted octanol–water partition coefficient (Wildman–Crippen LogP) is 8.34. The van der Waals surface area contributed by atoms with Crippen molar-refractivity contribution < 1.29 is 0 Å². The Morgan fingerprint density at radius 2 is 1.05 bits per heavy atom. The van der Waals surface area contributed by atoms with Crippen molar-refractivity contribution in [2.45, 2.75) is 0 Å². The van der Waals surface area contributed by atoms with Crippen LogP contribution in [0.15, 0.2) is 134 Å². The molecule has 0 aliphatic heterocycles. The number of hydrogen-bond acceptors (Lipinski definition) is 2. The van der Waals surface area contributed by atoms with Gasteiger partial charge >= 0.3 is 0 Å². The van der Waals surface area contributed by atoms with Gasteiger partial charge in [-0.25, -0.2) is 4.98 Å². The number of hydrogen-bond donors (Lipinski definition) is 0. The fourth-order valence-corrected chi connectivity index (χ4v) is 5.69. The minimum atomic E-state index is 0.942. The lowest BCUT2D eigenvalue weighted by Gasteiger charge is -2.10. The Labute approximate surface area is 219 Å². The van der Waals surface area contributed by atoms with Gasteiger partial charge in [0, 0.05) is 44.7 Å². The lowest BCUT2D eigenvalue weighted by atomic mass is 10.1. The topological polar surface area (TPSA) is 35.6 Å². The Bertz CT molecular complexity index is 2120. The molecule has 0 radical (unpaired) electrons. The van der Waals surface area contributed by atoms with Crippen LogP contribution in [-0.4, -0.2) is 19.1 Å². The summed E-state index contributed by atoms with van der Waals surface area (Å²) < 4.78 is 4.56. The normalized spacial score (nSPS) is 11.7. The summed E-state index contributed by atoms with van der Waals surface area (Å²) in [5, 5.41) is 4.70. The summed E-state index contributed by atoms with van der Waals surface area (Å²) in [6, 6.07) is 44.5. The maximum atomic E-state index is 5.42. The van der Waals surface area contributed by atoms with E-state index in [4.69, 9.17) is 4.98 Å². The third kappa shape index (κ3) is 3.04. The Kier molecular flexibility index (Phi) is 4.49. The number of rotatable bonds is 3. The molecule has 0 fully saturated rings. The minimum Gasteiger partial charge on any atom is -0.294 e. The lowest BCUT2D eigenvalue weighted by molar-refractivity contribution is 1.11. The van der Waals surface area contributed by atoms with Gasteiger partial charge in [-0.15, -0.1) is 0 Å². The number of para-hydroxylation sites is 3. The van der Waals surface area contributed by atoms with Crippen LogP contribution < -0.4 is 0 Å². The van der Waals surface area contributed by atoms with E-state index in [1.807, 2.05) is 24.4 Å².